The van der Waals surface area contributed by atoms with Crippen LogP contribution in [0, 0.1) is 5.92 Å². The van der Waals surface area contributed by atoms with E-state index in [2.05, 4.69) is 9.46 Å². The smallest absolute Gasteiger partial charge is 0.374 e. The van der Waals surface area contributed by atoms with Crippen molar-refractivity contribution in [2.75, 3.05) is 13.7 Å². The Hall–Kier alpha value is -1.09. The van der Waals surface area contributed by atoms with Gasteiger partial charge in [0.25, 0.3) is 10.0 Å². The van der Waals surface area contributed by atoms with E-state index >= 15 is 0 Å². The molecular weight excluding hydrogens is 332 g/mol. The molecule has 0 radical (unpaired) electrons. The molecule has 1 aliphatic carbocycles. The molecule has 0 amide bonds. The van der Waals surface area contributed by atoms with E-state index in [1.165, 1.54) is 19.2 Å². The van der Waals surface area contributed by atoms with Crippen molar-refractivity contribution < 1.29 is 22.4 Å². The number of methoxy groups -OCH3 is 1. The lowest BCUT2D eigenvalue weighted by Crippen LogP contribution is -2.44. The molecule has 126 valence electrons. The lowest BCUT2D eigenvalue weighted by Gasteiger charge is -2.30. The van der Waals surface area contributed by atoms with Crippen LogP contribution >= 0.6 is 12.4 Å². The molecule has 2 atom stereocenters. The highest BCUT2D eigenvalue weighted by Gasteiger charge is 2.30. The Morgan fingerprint density at radius 3 is 2.73 bits per heavy atom. The number of halogens is 1. The highest BCUT2D eigenvalue weighted by Crippen LogP contribution is 2.25. The van der Waals surface area contributed by atoms with Crippen LogP contribution in [0.1, 0.15) is 36.2 Å². The third kappa shape index (κ3) is 4.22. The van der Waals surface area contributed by atoms with E-state index in [1.54, 1.807) is 0 Å². The predicted molar refractivity (Wildman–Crippen MR) is 82.4 cm³/mol. The van der Waals surface area contributed by atoms with E-state index < -0.39 is 16.0 Å². The number of ether oxygens (including phenoxy) is 1. The van der Waals surface area contributed by atoms with E-state index in [4.69, 9.17) is 10.2 Å². The zero-order valence-electron chi connectivity index (χ0n) is 12.3. The van der Waals surface area contributed by atoms with E-state index in [9.17, 15) is 13.2 Å². The molecular formula is C13H21ClN2O5S. The fraction of sp³-hybridized carbons (Fsp3) is 0.615. The maximum atomic E-state index is 12.3. The molecule has 9 heteroatoms. The summed E-state index contributed by atoms with van der Waals surface area (Å²) in [5, 5.41) is -0.288. The first kappa shape index (κ1) is 19.0. The Bertz CT molecular complexity index is 601. The van der Waals surface area contributed by atoms with Gasteiger partial charge in [-0.3, -0.25) is 0 Å². The molecule has 1 fully saturated rings. The quantitative estimate of drug-likeness (QED) is 0.772. The summed E-state index contributed by atoms with van der Waals surface area (Å²) in [5.74, 6) is -0.727. The number of furan rings is 1. The van der Waals surface area contributed by atoms with Crippen molar-refractivity contribution in [3.63, 3.8) is 0 Å². The zero-order valence-corrected chi connectivity index (χ0v) is 13.9. The molecule has 0 aliphatic heterocycles. The third-order valence-corrected chi connectivity index (χ3v) is 5.11. The van der Waals surface area contributed by atoms with Crippen molar-refractivity contribution in [2.24, 2.45) is 11.7 Å². The van der Waals surface area contributed by atoms with Crippen LogP contribution in [0.15, 0.2) is 21.6 Å². The molecule has 1 saturated carbocycles. The van der Waals surface area contributed by atoms with Gasteiger partial charge in [0.2, 0.25) is 10.9 Å². The van der Waals surface area contributed by atoms with Gasteiger partial charge in [-0.2, -0.15) is 0 Å². The first-order chi connectivity index (χ1) is 9.97. The number of sulfonamides is 1. The highest BCUT2D eigenvalue weighted by atomic mass is 35.5. The molecule has 0 bridgehead atoms. The van der Waals surface area contributed by atoms with Crippen LogP contribution in [0.3, 0.4) is 0 Å². The standard InChI is InChI=1S/C13H20N2O5S.ClH/c1-19-13(16)11-6-7-12(20-11)21(17,18)15-10-5-3-2-4-9(10)8-14;/h6-7,9-10,15H,2-5,8,14H2,1H3;1H. The monoisotopic (exact) mass is 352 g/mol. The molecule has 2 unspecified atom stereocenters. The van der Waals surface area contributed by atoms with Crippen LogP contribution in [0.4, 0.5) is 0 Å². The van der Waals surface area contributed by atoms with Gasteiger partial charge in [-0.25, -0.2) is 17.9 Å². The summed E-state index contributed by atoms with van der Waals surface area (Å²) in [6.07, 6.45) is 3.70. The highest BCUT2D eigenvalue weighted by molar-refractivity contribution is 7.89. The number of esters is 1. The maximum Gasteiger partial charge on any atom is 0.374 e. The Morgan fingerprint density at radius 2 is 2.09 bits per heavy atom. The average Bonchev–Trinajstić information content (AvgIpc) is 2.97. The minimum atomic E-state index is -3.80. The summed E-state index contributed by atoms with van der Waals surface area (Å²) in [5.41, 5.74) is 5.69. The molecule has 0 saturated heterocycles. The Labute approximate surface area is 136 Å². The van der Waals surface area contributed by atoms with Crippen LogP contribution in [0.2, 0.25) is 0 Å². The molecule has 1 aromatic heterocycles. The van der Waals surface area contributed by atoms with Gasteiger partial charge in [0.15, 0.2) is 0 Å². The second kappa shape index (κ2) is 7.96. The number of hydrogen-bond acceptors (Lipinski definition) is 6. The van der Waals surface area contributed by atoms with E-state index in [0.29, 0.717) is 6.54 Å². The van der Waals surface area contributed by atoms with Crippen LogP contribution in [0.5, 0.6) is 0 Å². The van der Waals surface area contributed by atoms with Crippen LogP contribution < -0.4 is 10.5 Å². The minimum Gasteiger partial charge on any atom is -0.463 e. The number of hydrogen-bond donors (Lipinski definition) is 2. The van der Waals surface area contributed by atoms with Gasteiger partial charge in [-0.05, 0) is 37.4 Å². The summed E-state index contributed by atoms with van der Waals surface area (Å²) in [4.78, 5) is 11.3. The largest absolute Gasteiger partial charge is 0.463 e. The minimum absolute atomic E-state index is 0. The van der Waals surface area contributed by atoms with Crippen molar-refractivity contribution in [3.8, 4) is 0 Å². The van der Waals surface area contributed by atoms with Crippen molar-refractivity contribution in [3.05, 3.63) is 17.9 Å². The average molecular weight is 353 g/mol. The lowest BCUT2D eigenvalue weighted by atomic mass is 9.85. The number of carbonyl (C=O) groups excluding carboxylic acids is 1. The van der Waals surface area contributed by atoms with Crippen molar-refractivity contribution in [1.82, 2.24) is 4.72 Å². The van der Waals surface area contributed by atoms with E-state index in [1.807, 2.05) is 0 Å². The summed E-state index contributed by atoms with van der Waals surface area (Å²) in [6, 6.07) is 2.33. The molecule has 1 heterocycles. The number of carbonyl (C=O) groups is 1. The molecule has 0 aromatic carbocycles. The molecule has 0 spiro atoms. The van der Waals surface area contributed by atoms with Gasteiger partial charge in [-0.15, -0.1) is 12.4 Å². The molecule has 1 aliphatic rings. The van der Waals surface area contributed by atoms with Gasteiger partial charge in [0.1, 0.15) is 0 Å². The summed E-state index contributed by atoms with van der Waals surface area (Å²) in [6.45, 7) is 0.443. The normalized spacial score (nSPS) is 21.9. The van der Waals surface area contributed by atoms with E-state index in [-0.39, 0.29) is 35.2 Å². The predicted octanol–water partition coefficient (Wildman–Crippen LogP) is 1.28. The molecule has 1 aromatic rings. The number of nitrogens with one attached hydrogen (secondary N) is 1. The first-order valence-corrected chi connectivity index (χ1v) is 8.37. The van der Waals surface area contributed by atoms with Crippen molar-refractivity contribution in [1.29, 1.82) is 0 Å². The third-order valence-electron chi connectivity index (χ3n) is 3.75. The zero-order chi connectivity index (χ0) is 15.5. The maximum absolute atomic E-state index is 12.3. The second-order valence-corrected chi connectivity index (χ2v) is 6.76. The molecule has 3 N–H and O–H groups in total. The molecule has 7 nitrogen and oxygen atoms in total. The Morgan fingerprint density at radius 1 is 1.41 bits per heavy atom. The van der Waals surface area contributed by atoms with Crippen LogP contribution in [-0.4, -0.2) is 34.1 Å². The topological polar surface area (TPSA) is 112 Å². The van der Waals surface area contributed by atoms with Gasteiger partial charge >= 0.3 is 5.97 Å². The number of nitrogens with two attached hydrogens (primary N) is 1. The lowest BCUT2D eigenvalue weighted by molar-refractivity contribution is 0.0559. The summed E-state index contributed by atoms with van der Waals surface area (Å²) < 4.78 is 36.7. The first-order valence-electron chi connectivity index (χ1n) is 6.88. The van der Waals surface area contributed by atoms with Gasteiger partial charge in [0.05, 0.1) is 7.11 Å². The van der Waals surface area contributed by atoms with Gasteiger partial charge in [0, 0.05) is 6.04 Å². The van der Waals surface area contributed by atoms with Crippen molar-refractivity contribution >= 4 is 28.4 Å². The van der Waals surface area contributed by atoms with Crippen LogP contribution in [0.25, 0.3) is 0 Å². The second-order valence-electron chi connectivity index (χ2n) is 5.12. The fourth-order valence-corrected chi connectivity index (χ4v) is 3.85. The molecule has 2 rings (SSSR count). The summed E-state index contributed by atoms with van der Waals surface area (Å²) in [7, 11) is -2.60. The fourth-order valence-electron chi connectivity index (χ4n) is 2.58. The van der Waals surface area contributed by atoms with E-state index in [0.717, 1.165) is 25.7 Å². The van der Waals surface area contributed by atoms with Crippen LogP contribution in [-0.2, 0) is 14.8 Å². The Kier molecular flexibility index (Phi) is 6.86. The summed E-state index contributed by atoms with van der Waals surface area (Å²) >= 11 is 0. The van der Waals surface area contributed by atoms with Gasteiger partial charge < -0.3 is 14.9 Å². The SMILES string of the molecule is COC(=O)c1ccc(S(=O)(=O)NC2CCCCC2CN)o1.Cl. The molecule has 22 heavy (non-hydrogen) atoms. The Balaban J connectivity index is 0.00000242. The van der Waals surface area contributed by atoms with Crippen molar-refractivity contribution in [2.45, 2.75) is 36.8 Å². The number of rotatable bonds is 5. The van der Waals surface area contributed by atoms with Gasteiger partial charge in [-0.1, -0.05) is 12.8 Å².